The number of halogens is 1. The van der Waals surface area contributed by atoms with Crippen LogP contribution in [0.3, 0.4) is 0 Å². The minimum absolute atomic E-state index is 0.0347. The molecule has 4 rings (SSSR count). The number of carbonyl (C=O) groups is 2. The number of benzene rings is 3. The molecule has 2 amide bonds. The largest absolute Gasteiger partial charge is 0.495 e. The van der Waals surface area contributed by atoms with Crippen LogP contribution in [-0.2, 0) is 11.2 Å². The van der Waals surface area contributed by atoms with Crippen LogP contribution >= 0.6 is 11.6 Å². The molecular weight excluding hydrogens is 426 g/mol. The molecule has 0 bridgehead atoms. The van der Waals surface area contributed by atoms with Crippen molar-refractivity contribution in [1.82, 2.24) is 0 Å². The molecule has 0 unspecified atom stereocenters. The average Bonchev–Trinajstić information content (AvgIpc) is 3.23. The summed E-state index contributed by atoms with van der Waals surface area (Å²) in [6.45, 7) is 1.11. The van der Waals surface area contributed by atoms with E-state index in [0.29, 0.717) is 35.1 Å². The van der Waals surface area contributed by atoms with Gasteiger partial charge in [-0.2, -0.15) is 0 Å². The van der Waals surface area contributed by atoms with E-state index in [2.05, 4.69) is 16.7 Å². The number of anilines is 3. The Morgan fingerprint density at radius 1 is 1.06 bits per heavy atom. The Morgan fingerprint density at radius 3 is 2.62 bits per heavy atom. The van der Waals surface area contributed by atoms with Gasteiger partial charge in [0.05, 0.1) is 12.8 Å². The highest BCUT2D eigenvalue weighted by molar-refractivity contribution is 6.30. The summed E-state index contributed by atoms with van der Waals surface area (Å²) in [7, 11) is 1.58. The van der Waals surface area contributed by atoms with Crippen LogP contribution in [0.5, 0.6) is 5.75 Å². The lowest BCUT2D eigenvalue weighted by Gasteiger charge is -2.17. The zero-order chi connectivity index (χ0) is 22.5. The smallest absolute Gasteiger partial charge is 0.258 e. The quantitative estimate of drug-likeness (QED) is 0.533. The van der Waals surface area contributed by atoms with E-state index in [1.165, 1.54) is 5.56 Å². The fraction of sp³-hybridized carbons (Fsp3) is 0.200. The van der Waals surface area contributed by atoms with E-state index in [0.717, 1.165) is 17.8 Å². The second kappa shape index (κ2) is 9.75. The fourth-order valence-corrected chi connectivity index (χ4v) is 3.93. The SMILES string of the molecule is COc1ccc(Cl)cc1NCCC(=O)Nc1ccc(C(=O)N2CCc3ccccc32)cc1. The summed E-state index contributed by atoms with van der Waals surface area (Å²) >= 11 is 6.02. The standard InChI is InChI=1S/C25H24ClN3O3/c1-32-23-11-8-19(26)16-21(23)27-14-12-24(30)28-20-9-6-18(7-10-20)25(31)29-15-13-17-4-2-3-5-22(17)29/h2-11,16,27H,12-15H2,1H3,(H,28,30). The predicted octanol–water partition coefficient (Wildman–Crippen LogP) is 4.99. The Labute approximate surface area is 192 Å². The first-order valence-electron chi connectivity index (χ1n) is 10.4. The molecule has 1 aliphatic rings. The number of fused-ring (bicyclic) bond motifs is 1. The first-order valence-corrected chi connectivity index (χ1v) is 10.8. The lowest BCUT2D eigenvalue weighted by atomic mass is 10.1. The van der Waals surface area contributed by atoms with Crippen molar-refractivity contribution in [3.8, 4) is 5.75 Å². The maximum Gasteiger partial charge on any atom is 0.258 e. The summed E-state index contributed by atoms with van der Waals surface area (Å²) in [5.74, 6) is 0.495. The van der Waals surface area contributed by atoms with Crippen molar-refractivity contribution in [2.75, 3.05) is 35.7 Å². The van der Waals surface area contributed by atoms with Gasteiger partial charge in [-0.25, -0.2) is 0 Å². The summed E-state index contributed by atoms with van der Waals surface area (Å²) in [4.78, 5) is 27.0. The number of hydrogen-bond donors (Lipinski definition) is 2. The molecular formula is C25H24ClN3O3. The second-order valence-electron chi connectivity index (χ2n) is 7.48. The number of carbonyl (C=O) groups excluding carboxylic acids is 2. The van der Waals surface area contributed by atoms with Gasteiger partial charge in [0.1, 0.15) is 5.75 Å². The molecule has 0 saturated heterocycles. The third-order valence-electron chi connectivity index (χ3n) is 5.38. The lowest BCUT2D eigenvalue weighted by molar-refractivity contribution is -0.115. The molecule has 0 atom stereocenters. The topological polar surface area (TPSA) is 70.7 Å². The molecule has 32 heavy (non-hydrogen) atoms. The van der Waals surface area contributed by atoms with Gasteiger partial charge in [-0.15, -0.1) is 0 Å². The van der Waals surface area contributed by atoms with E-state index in [1.54, 1.807) is 54.5 Å². The first-order chi connectivity index (χ1) is 15.5. The minimum atomic E-state index is -0.133. The van der Waals surface area contributed by atoms with Crippen LogP contribution in [0.25, 0.3) is 0 Å². The van der Waals surface area contributed by atoms with Crippen LogP contribution in [0.15, 0.2) is 66.7 Å². The fourth-order valence-electron chi connectivity index (χ4n) is 3.75. The maximum atomic E-state index is 12.9. The normalized spacial score (nSPS) is 12.2. The molecule has 0 spiro atoms. The van der Waals surface area contributed by atoms with Gasteiger partial charge in [-0.3, -0.25) is 9.59 Å². The Balaban J connectivity index is 1.31. The molecule has 3 aromatic rings. The molecule has 0 saturated carbocycles. The Hall–Kier alpha value is -3.51. The lowest BCUT2D eigenvalue weighted by Crippen LogP contribution is -2.28. The van der Waals surface area contributed by atoms with Crippen LogP contribution < -0.4 is 20.3 Å². The predicted molar refractivity (Wildman–Crippen MR) is 128 cm³/mol. The van der Waals surface area contributed by atoms with Crippen molar-refractivity contribution in [3.63, 3.8) is 0 Å². The molecule has 0 aromatic heterocycles. The molecule has 1 aliphatic heterocycles. The minimum Gasteiger partial charge on any atom is -0.495 e. The van der Waals surface area contributed by atoms with Gasteiger partial charge < -0.3 is 20.3 Å². The number of nitrogens with zero attached hydrogens (tertiary/aromatic N) is 1. The van der Waals surface area contributed by atoms with Crippen molar-refractivity contribution >= 4 is 40.5 Å². The molecule has 7 heteroatoms. The molecule has 0 radical (unpaired) electrons. The van der Waals surface area contributed by atoms with Crippen LogP contribution in [-0.4, -0.2) is 32.0 Å². The van der Waals surface area contributed by atoms with Gasteiger partial charge in [-0.05, 0) is 60.5 Å². The van der Waals surface area contributed by atoms with Crippen LogP contribution in [0.4, 0.5) is 17.1 Å². The van der Waals surface area contributed by atoms with Crippen molar-refractivity contribution in [3.05, 3.63) is 82.9 Å². The van der Waals surface area contributed by atoms with Crippen molar-refractivity contribution in [2.24, 2.45) is 0 Å². The third kappa shape index (κ3) is 4.86. The van der Waals surface area contributed by atoms with E-state index in [1.807, 2.05) is 18.2 Å². The van der Waals surface area contributed by atoms with Gasteiger partial charge in [-0.1, -0.05) is 29.8 Å². The zero-order valence-corrected chi connectivity index (χ0v) is 18.5. The van der Waals surface area contributed by atoms with Crippen molar-refractivity contribution < 1.29 is 14.3 Å². The Kier molecular flexibility index (Phi) is 6.61. The number of methoxy groups -OCH3 is 1. The first kappa shape index (κ1) is 21.7. The molecule has 0 fully saturated rings. The van der Waals surface area contributed by atoms with Gasteiger partial charge in [0.2, 0.25) is 5.91 Å². The van der Waals surface area contributed by atoms with E-state index < -0.39 is 0 Å². The highest BCUT2D eigenvalue weighted by Crippen LogP contribution is 2.29. The molecule has 3 aromatic carbocycles. The third-order valence-corrected chi connectivity index (χ3v) is 5.61. The van der Waals surface area contributed by atoms with Gasteiger partial charge >= 0.3 is 0 Å². The number of hydrogen-bond acceptors (Lipinski definition) is 4. The summed E-state index contributed by atoms with van der Waals surface area (Å²) in [6, 6.07) is 20.2. The Morgan fingerprint density at radius 2 is 1.84 bits per heavy atom. The summed E-state index contributed by atoms with van der Waals surface area (Å²) < 4.78 is 5.29. The Bertz CT molecular complexity index is 1130. The van der Waals surface area contributed by atoms with Gasteiger partial charge in [0.15, 0.2) is 0 Å². The van der Waals surface area contributed by atoms with Crippen LogP contribution in [0, 0.1) is 0 Å². The number of amides is 2. The highest BCUT2D eigenvalue weighted by Gasteiger charge is 2.25. The molecule has 164 valence electrons. The highest BCUT2D eigenvalue weighted by atomic mass is 35.5. The van der Waals surface area contributed by atoms with Gasteiger partial charge in [0, 0.05) is 41.5 Å². The van der Waals surface area contributed by atoms with E-state index in [4.69, 9.17) is 16.3 Å². The maximum absolute atomic E-state index is 12.9. The van der Waals surface area contributed by atoms with E-state index in [9.17, 15) is 9.59 Å². The number of para-hydroxylation sites is 1. The molecule has 2 N–H and O–H groups in total. The van der Waals surface area contributed by atoms with Crippen LogP contribution in [0.1, 0.15) is 22.3 Å². The summed E-state index contributed by atoms with van der Waals surface area (Å²) in [5, 5.41) is 6.61. The number of ether oxygens (including phenoxy) is 1. The summed E-state index contributed by atoms with van der Waals surface area (Å²) in [5.41, 5.74) is 4.13. The molecule has 6 nitrogen and oxygen atoms in total. The average molecular weight is 450 g/mol. The molecule has 1 heterocycles. The van der Waals surface area contributed by atoms with Gasteiger partial charge in [0.25, 0.3) is 5.91 Å². The van der Waals surface area contributed by atoms with E-state index >= 15 is 0 Å². The second-order valence-corrected chi connectivity index (χ2v) is 7.92. The van der Waals surface area contributed by atoms with E-state index in [-0.39, 0.29) is 18.2 Å². The number of rotatable bonds is 7. The van der Waals surface area contributed by atoms with Crippen molar-refractivity contribution in [1.29, 1.82) is 0 Å². The number of nitrogens with one attached hydrogen (secondary N) is 2. The monoisotopic (exact) mass is 449 g/mol. The van der Waals surface area contributed by atoms with Crippen molar-refractivity contribution in [2.45, 2.75) is 12.8 Å². The zero-order valence-electron chi connectivity index (χ0n) is 17.7. The molecule has 0 aliphatic carbocycles. The van der Waals surface area contributed by atoms with Crippen LogP contribution in [0.2, 0.25) is 5.02 Å². The summed E-state index contributed by atoms with van der Waals surface area (Å²) in [6.07, 6.45) is 1.13.